The van der Waals surface area contributed by atoms with Crippen LogP contribution in [-0.4, -0.2) is 77.4 Å². The van der Waals surface area contributed by atoms with Gasteiger partial charge in [0.15, 0.2) is 9.84 Å². The lowest BCUT2D eigenvalue weighted by atomic mass is 9.73. The van der Waals surface area contributed by atoms with Crippen molar-refractivity contribution in [2.75, 3.05) is 26.2 Å². The summed E-state index contributed by atoms with van der Waals surface area (Å²) in [5.41, 5.74) is 0.771. The second-order valence-corrected chi connectivity index (χ2v) is 14.0. The molecule has 1 N–H and O–H groups in total. The topological polar surface area (TPSA) is 95.0 Å². The summed E-state index contributed by atoms with van der Waals surface area (Å²) < 4.78 is 25.7. The van der Waals surface area contributed by atoms with Gasteiger partial charge in [0.1, 0.15) is 5.60 Å². The first-order valence-corrected chi connectivity index (χ1v) is 15.0. The molecule has 4 saturated carbocycles. The number of hydrogen-bond donors (Lipinski definition) is 1. The Kier molecular flexibility index (Phi) is 5.75. The fraction of sp³-hybridized carbons (Fsp3) is 0.704. The molecule has 0 bridgehead atoms. The van der Waals surface area contributed by atoms with Crippen LogP contribution in [0.3, 0.4) is 0 Å². The molecule has 1 aromatic rings. The van der Waals surface area contributed by atoms with Crippen LogP contribution in [0.2, 0.25) is 0 Å². The van der Waals surface area contributed by atoms with Gasteiger partial charge in [-0.2, -0.15) is 0 Å². The molecule has 1 heterocycles. The first-order chi connectivity index (χ1) is 16.8. The van der Waals surface area contributed by atoms with Crippen molar-refractivity contribution < 1.29 is 23.1 Å². The van der Waals surface area contributed by atoms with Crippen molar-refractivity contribution >= 4 is 21.7 Å². The molecule has 0 radical (unpaired) electrons. The van der Waals surface area contributed by atoms with E-state index in [4.69, 9.17) is 0 Å². The summed E-state index contributed by atoms with van der Waals surface area (Å²) in [6, 6.07) is 7.99. The van der Waals surface area contributed by atoms with Crippen LogP contribution in [0, 0.1) is 11.8 Å². The molecule has 5 fully saturated rings. The molecule has 0 aromatic heterocycles. The van der Waals surface area contributed by atoms with E-state index in [1.165, 1.54) is 5.56 Å². The van der Waals surface area contributed by atoms with Crippen LogP contribution in [0.15, 0.2) is 24.3 Å². The third-order valence-electron chi connectivity index (χ3n) is 9.36. The Labute approximate surface area is 207 Å². The van der Waals surface area contributed by atoms with Crippen molar-refractivity contribution in [1.29, 1.82) is 0 Å². The van der Waals surface area contributed by atoms with E-state index in [9.17, 15) is 23.1 Å². The van der Waals surface area contributed by atoms with Crippen molar-refractivity contribution in [2.45, 2.75) is 79.8 Å². The predicted molar refractivity (Wildman–Crippen MR) is 132 cm³/mol. The molecular weight excluding hydrogens is 464 g/mol. The van der Waals surface area contributed by atoms with Crippen LogP contribution in [-0.2, 0) is 14.6 Å². The molecule has 1 aliphatic heterocycles. The maximum Gasteiger partial charge on any atom is 0.254 e. The van der Waals surface area contributed by atoms with Crippen LogP contribution in [0.25, 0.3) is 0 Å². The number of carbonyl (C=O) groups is 2. The minimum atomic E-state index is -2.93. The first-order valence-electron chi connectivity index (χ1n) is 13.4. The Bertz CT molecular complexity index is 1100. The van der Waals surface area contributed by atoms with Gasteiger partial charge in [0.05, 0.1) is 10.5 Å². The fourth-order valence-corrected chi connectivity index (χ4v) is 9.47. The molecular formula is C27H36N2O5S. The third-order valence-corrected chi connectivity index (χ3v) is 12.2. The number of sulfone groups is 1. The molecule has 4 aliphatic carbocycles. The van der Waals surface area contributed by atoms with Gasteiger partial charge >= 0.3 is 0 Å². The zero-order valence-electron chi connectivity index (χ0n) is 20.3. The summed E-state index contributed by atoms with van der Waals surface area (Å²) >= 11 is 0. The Morgan fingerprint density at radius 3 is 2.14 bits per heavy atom. The lowest BCUT2D eigenvalue weighted by molar-refractivity contribution is -0.143. The Balaban J connectivity index is 1.04. The zero-order chi connectivity index (χ0) is 24.4. The van der Waals surface area contributed by atoms with E-state index in [1.807, 2.05) is 12.1 Å². The Hall–Kier alpha value is -1.93. The number of carbonyl (C=O) groups excluding carboxylic acids is 2. The van der Waals surface area contributed by atoms with E-state index in [-0.39, 0.29) is 22.3 Å². The van der Waals surface area contributed by atoms with Gasteiger partial charge in [-0.1, -0.05) is 12.1 Å². The number of fused-ring (bicyclic) bond motifs is 1. The number of aliphatic hydroxyl groups is 1. The number of amides is 2. The highest BCUT2D eigenvalue weighted by Gasteiger charge is 2.51. The molecule has 8 heteroatoms. The molecule has 4 atom stereocenters. The molecule has 190 valence electrons. The second kappa shape index (κ2) is 8.58. The van der Waals surface area contributed by atoms with E-state index in [2.05, 4.69) is 12.1 Å². The molecule has 5 aliphatic rings. The van der Waals surface area contributed by atoms with Gasteiger partial charge in [-0.15, -0.1) is 0 Å². The van der Waals surface area contributed by atoms with Gasteiger partial charge in [0.25, 0.3) is 11.8 Å². The zero-order valence-corrected chi connectivity index (χ0v) is 21.1. The second-order valence-electron chi connectivity index (χ2n) is 11.6. The Morgan fingerprint density at radius 2 is 1.51 bits per heavy atom. The van der Waals surface area contributed by atoms with Crippen LogP contribution in [0.1, 0.15) is 79.6 Å². The van der Waals surface area contributed by atoms with E-state index >= 15 is 0 Å². The van der Waals surface area contributed by atoms with Crippen molar-refractivity contribution in [3.8, 4) is 0 Å². The average Bonchev–Trinajstić information content (AvgIpc) is 3.81. The largest absolute Gasteiger partial charge is 0.380 e. The highest BCUT2D eigenvalue weighted by Crippen LogP contribution is 2.51. The van der Waals surface area contributed by atoms with E-state index < -0.39 is 15.4 Å². The van der Waals surface area contributed by atoms with E-state index in [0.717, 1.165) is 44.9 Å². The summed E-state index contributed by atoms with van der Waals surface area (Å²) in [4.78, 5) is 28.8. The number of rotatable bonds is 5. The molecule has 7 nitrogen and oxygen atoms in total. The van der Waals surface area contributed by atoms with Gasteiger partial charge in [0, 0.05) is 31.7 Å². The number of hydrogen-bond acceptors (Lipinski definition) is 5. The number of benzene rings is 1. The van der Waals surface area contributed by atoms with Crippen molar-refractivity contribution in [2.24, 2.45) is 11.8 Å². The highest BCUT2D eigenvalue weighted by atomic mass is 32.2. The first kappa shape index (κ1) is 23.5. The van der Waals surface area contributed by atoms with E-state index in [1.54, 1.807) is 9.80 Å². The van der Waals surface area contributed by atoms with Crippen molar-refractivity contribution in [1.82, 2.24) is 9.80 Å². The molecule has 6 rings (SSSR count). The average molecular weight is 501 g/mol. The summed E-state index contributed by atoms with van der Waals surface area (Å²) in [7, 11) is -2.93. The fourth-order valence-electron chi connectivity index (χ4n) is 6.88. The van der Waals surface area contributed by atoms with Gasteiger partial charge in [-0.05, 0) is 93.2 Å². The van der Waals surface area contributed by atoms with Crippen molar-refractivity contribution in [3.05, 3.63) is 35.4 Å². The molecule has 2 amide bonds. The molecule has 4 unspecified atom stereocenters. The summed E-state index contributed by atoms with van der Waals surface area (Å²) in [5, 5.41) is 9.90. The van der Waals surface area contributed by atoms with Gasteiger partial charge < -0.3 is 14.9 Å². The van der Waals surface area contributed by atoms with Gasteiger partial charge in [-0.25, -0.2) is 8.42 Å². The highest BCUT2D eigenvalue weighted by molar-refractivity contribution is 7.92. The minimum Gasteiger partial charge on any atom is -0.380 e. The monoisotopic (exact) mass is 500 g/mol. The summed E-state index contributed by atoms with van der Waals surface area (Å²) in [6.07, 6.45) is 7.74. The van der Waals surface area contributed by atoms with Gasteiger partial charge in [0.2, 0.25) is 0 Å². The van der Waals surface area contributed by atoms with Crippen LogP contribution >= 0.6 is 0 Å². The lowest BCUT2D eigenvalue weighted by Crippen LogP contribution is -2.53. The summed E-state index contributed by atoms with van der Waals surface area (Å²) in [5.74, 6) is 1.07. The predicted octanol–water partition coefficient (Wildman–Crippen LogP) is 2.74. The number of piperazine rings is 1. The number of nitrogens with zero attached hydrogens (tertiary/aromatic N) is 2. The van der Waals surface area contributed by atoms with Crippen LogP contribution in [0.4, 0.5) is 0 Å². The minimum absolute atomic E-state index is 0.0126. The summed E-state index contributed by atoms with van der Waals surface area (Å²) in [6.45, 7) is 1.90. The Morgan fingerprint density at radius 1 is 0.857 bits per heavy atom. The molecule has 0 spiro atoms. The van der Waals surface area contributed by atoms with Crippen LogP contribution in [0.5, 0.6) is 0 Å². The molecule has 35 heavy (non-hydrogen) atoms. The molecule has 1 saturated heterocycles. The van der Waals surface area contributed by atoms with Crippen LogP contribution < -0.4 is 0 Å². The quantitative estimate of drug-likeness (QED) is 0.671. The molecule has 1 aromatic carbocycles. The lowest BCUT2D eigenvalue weighted by Gasteiger charge is -2.36. The normalized spacial score (nSPS) is 32.3. The van der Waals surface area contributed by atoms with Crippen molar-refractivity contribution in [3.63, 3.8) is 0 Å². The smallest absolute Gasteiger partial charge is 0.254 e. The van der Waals surface area contributed by atoms with Gasteiger partial charge in [-0.3, -0.25) is 9.59 Å². The standard InChI is InChI=1S/C27H36N2O5S/c30-25(28-13-15-29(16-14-28)26(31)27(32)11-12-27)19-3-1-18(2-4-19)20-5-9-23-21(17-20)6-10-24(23)35(33,34)22-7-8-22/h1-4,20-24,32H,5-17H2. The maximum absolute atomic E-state index is 13.0. The van der Waals surface area contributed by atoms with E-state index in [0.29, 0.717) is 62.3 Å². The SMILES string of the molecule is O=C(c1ccc(C2CCC3C(CCC3S(=O)(=O)C3CC3)C2)cc1)N1CCN(C(=O)C2(O)CC2)CC1. The third kappa shape index (κ3) is 4.31. The maximum atomic E-state index is 13.0.